The zero-order valence-electron chi connectivity index (χ0n) is 16.1. The number of nitrogens with zero attached hydrogens (tertiary/aromatic N) is 2. The van der Waals surface area contributed by atoms with Crippen LogP contribution in [0.5, 0.6) is 0 Å². The van der Waals surface area contributed by atoms with Gasteiger partial charge in [-0.25, -0.2) is 4.39 Å². The van der Waals surface area contributed by atoms with Gasteiger partial charge in [0.25, 0.3) is 0 Å². The van der Waals surface area contributed by atoms with Crippen LogP contribution in [-0.4, -0.2) is 54.0 Å². The first-order valence-corrected chi connectivity index (χ1v) is 10.7. The molecule has 29 heavy (non-hydrogen) atoms. The molecule has 0 unspecified atom stereocenters. The third-order valence-electron chi connectivity index (χ3n) is 5.01. The van der Waals surface area contributed by atoms with Crippen molar-refractivity contribution in [1.29, 1.82) is 0 Å². The highest BCUT2D eigenvalue weighted by Gasteiger charge is 2.11. The molecule has 0 saturated carbocycles. The van der Waals surface area contributed by atoms with Gasteiger partial charge in [0.15, 0.2) is 0 Å². The highest BCUT2D eigenvalue weighted by molar-refractivity contribution is 8.00. The highest BCUT2D eigenvalue weighted by atomic mass is 32.2. The van der Waals surface area contributed by atoms with Crippen LogP contribution < -0.4 is 5.32 Å². The minimum atomic E-state index is -0.301. The van der Waals surface area contributed by atoms with Gasteiger partial charge in [-0.3, -0.25) is 9.69 Å². The number of amides is 1. The number of benzene rings is 2. The molecule has 0 aliphatic carbocycles. The summed E-state index contributed by atoms with van der Waals surface area (Å²) in [6.45, 7) is 5.52. The van der Waals surface area contributed by atoms with Crippen molar-refractivity contribution in [2.45, 2.75) is 11.4 Å². The Balaban J connectivity index is 1.34. The summed E-state index contributed by atoms with van der Waals surface area (Å²) in [6.07, 6.45) is 2.09. The molecule has 2 heterocycles. The summed E-state index contributed by atoms with van der Waals surface area (Å²) < 4.78 is 21.3. The molecule has 4 rings (SSSR count). The van der Waals surface area contributed by atoms with Gasteiger partial charge in [0.1, 0.15) is 5.82 Å². The first-order chi connectivity index (χ1) is 14.2. The number of hydrogen-bond acceptors (Lipinski definition) is 4. The fourth-order valence-corrected chi connectivity index (χ4v) is 4.19. The summed E-state index contributed by atoms with van der Waals surface area (Å²) in [6, 6.07) is 14.5. The SMILES string of the molecule is O=C(CSc1ccccc1F)Nc1ccc2c(ccn2CCN2CCOCC2)c1. The maximum Gasteiger partial charge on any atom is 0.234 e. The number of hydrogen-bond donors (Lipinski definition) is 1. The molecule has 0 spiro atoms. The first kappa shape index (κ1) is 19.9. The Morgan fingerprint density at radius 1 is 1.10 bits per heavy atom. The minimum Gasteiger partial charge on any atom is -0.379 e. The molecule has 1 saturated heterocycles. The van der Waals surface area contributed by atoms with Crippen LogP contribution in [0.25, 0.3) is 10.9 Å². The Kier molecular flexibility index (Phi) is 6.49. The van der Waals surface area contributed by atoms with Gasteiger partial charge in [0.05, 0.1) is 19.0 Å². The van der Waals surface area contributed by atoms with Crippen molar-refractivity contribution in [3.63, 3.8) is 0 Å². The van der Waals surface area contributed by atoms with Crippen molar-refractivity contribution in [2.24, 2.45) is 0 Å². The average Bonchev–Trinajstić information content (AvgIpc) is 3.14. The molecule has 0 atom stereocenters. The van der Waals surface area contributed by atoms with Crippen LogP contribution >= 0.6 is 11.8 Å². The van der Waals surface area contributed by atoms with Gasteiger partial charge >= 0.3 is 0 Å². The summed E-state index contributed by atoms with van der Waals surface area (Å²) in [7, 11) is 0. The second-order valence-corrected chi connectivity index (χ2v) is 8.02. The van der Waals surface area contributed by atoms with E-state index < -0.39 is 0 Å². The number of anilines is 1. The summed E-state index contributed by atoms with van der Waals surface area (Å²) in [5, 5.41) is 3.99. The predicted molar refractivity (Wildman–Crippen MR) is 115 cm³/mol. The van der Waals surface area contributed by atoms with Crippen molar-refractivity contribution < 1.29 is 13.9 Å². The quantitative estimate of drug-likeness (QED) is 0.598. The molecule has 2 aromatic carbocycles. The van der Waals surface area contributed by atoms with E-state index in [-0.39, 0.29) is 17.5 Å². The number of halogens is 1. The van der Waals surface area contributed by atoms with Gasteiger partial charge in [0.2, 0.25) is 5.91 Å². The normalized spacial score (nSPS) is 14.9. The van der Waals surface area contributed by atoms with Crippen LogP contribution in [0.15, 0.2) is 59.6 Å². The zero-order chi connectivity index (χ0) is 20.1. The fraction of sp³-hybridized carbons (Fsp3) is 0.318. The number of thioether (sulfide) groups is 1. The maximum absolute atomic E-state index is 13.7. The van der Waals surface area contributed by atoms with E-state index in [0.29, 0.717) is 4.90 Å². The molecule has 1 fully saturated rings. The molecule has 1 aliphatic rings. The van der Waals surface area contributed by atoms with Gasteiger partial charge in [-0.05, 0) is 36.4 Å². The second-order valence-electron chi connectivity index (χ2n) is 7.00. The topological polar surface area (TPSA) is 46.5 Å². The maximum atomic E-state index is 13.7. The molecule has 1 aliphatic heterocycles. The van der Waals surface area contributed by atoms with E-state index in [1.807, 2.05) is 18.2 Å². The third-order valence-corrected chi connectivity index (χ3v) is 6.06. The monoisotopic (exact) mass is 413 g/mol. The van der Waals surface area contributed by atoms with Crippen LogP contribution in [0.4, 0.5) is 10.1 Å². The van der Waals surface area contributed by atoms with Crippen LogP contribution in [0.1, 0.15) is 0 Å². The smallest absolute Gasteiger partial charge is 0.234 e. The fourth-order valence-electron chi connectivity index (χ4n) is 3.45. The Bertz CT molecular complexity index is 985. The molecular formula is C22H24FN3O2S. The van der Waals surface area contributed by atoms with E-state index in [1.54, 1.807) is 18.2 Å². The van der Waals surface area contributed by atoms with Crippen LogP contribution in [0.3, 0.4) is 0 Å². The lowest BCUT2D eigenvalue weighted by Crippen LogP contribution is -2.38. The van der Waals surface area contributed by atoms with Crippen LogP contribution in [-0.2, 0) is 16.1 Å². The predicted octanol–water partition coefficient (Wildman–Crippen LogP) is 3.84. The molecule has 1 amide bonds. The zero-order valence-corrected chi connectivity index (χ0v) is 17.0. The van der Waals surface area contributed by atoms with E-state index in [2.05, 4.69) is 27.0 Å². The summed E-state index contributed by atoms with van der Waals surface area (Å²) in [4.78, 5) is 15.1. The summed E-state index contributed by atoms with van der Waals surface area (Å²) in [5.74, 6) is -0.283. The number of fused-ring (bicyclic) bond motifs is 1. The molecule has 5 nitrogen and oxygen atoms in total. The molecule has 3 aromatic rings. The van der Waals surface area contributed by atoms with Crippen LogP contribution in [0, 0.1) is 5.82 Å². The van der Waals surface area contributed by atoms with Gasteiger partial charge in [-0.1, -0.05) is 12.1 Å². The summed E-state index contributed by atoms with van der Waals surface area (Å²) in [5.41, 5.74) is 1.90. The molecule has 152 valence electrons. The number of nitrogens with one attached hydrogen (secondary N) is 1. The van der Waals surface area contributed by atoms with E-state index >= 15 is 0 Å². The number of aromatic nitrogens is 1. The van der Waals surface area contributed by atoms with E-state index in [4.69, 9.17) is 4.74 Å². The Morgan fingerprint density at radius 3 is 2.76 bits per heavy atom. The number of rotatable bonds is 7. The standard InChI is InChI=1S/C22H24FN3O2S/c23-19-3-1-2-4-21(19)29-16-22(27)24-18-5-6-20-17(15-18)7-8-26(20)10-9-25-11-13-28-14-12-25/h1-8,15H,9-14,16H2,(H,24,27). The van der Waals surface area contributed by atoms with Crippen molar-refractivity contribution in [3.05, 3.63) is 60.5 Å². The van der Waals surface area contributed by atoms with Gasteiger partial charge in [0, 0.05) is 53.9 Å². The lowest BCUT2D eigenvalue weighted by atomic mass is 10.2. The lowest BCUT2D eigenvalue weighted by Gasteiger charge is -2.26. The Morgan fingerprint density at radius 2 is 1.93 bits per heavy atom. The van der Waals surface area contributed by atoms with Crippen molar-refractivity contribution in [3.8, 4) is 0 Å². The van der Waals surface area contributed by atoms with Crippen molar-refractivity contribution in [2.75, 3.05) is 43.9 Å². The Labute approximate surface area is 173 Å². The second kappa shape index (κ2) is 9.43. The molecular weight excluding hydrogens is 389 g/mol. The lowest BCUT2D eigenvalue weighted by molar-refractivity contribution is -0.113. The van der Waals surface area contributed by atoms with Gasteiger partial charge in [-0.15, -0.1) is 11.8 Å². The third kappa shape index (κ3) is 5.18. The van der Waals surface area contributed by atoms with Gasteiger partial charge in [-0.2, -0.15) is 0 Å². The summed E-state index contributed by atoms with van der Waals surface area (Å²) >= 11 is 1.20. The number of carbonyl (C=O) groups excluding carboxylic acids is 1. The van der Waals surface area contributed by atoms with E-state index in [0.717, 1.165) is 56.0 Å². The van der Waals surface area contributed by atoms with Crippen LogP contribution in [0.2, 0.25) is 0 Å². The first-order valence-electron chi connectivity index (χ1n) is 9.75. The largest absolute Gasteiger partial charge is 0.379 e. The Hall–Kier alpha value is -2.35. The molecule has 7 heteroatoms. The number of carbonyl (C=O) groups is 1. The molecule has 0 bridgehead atoms. The highest BCUT2D eigenvalue weighted by Crippen LogP contribution is 2.23. The van der Waals surface area contributed by atoms with Crippen molar-refractivity contribution >= 4 is 34.3 Å². The van der Waals surface area contributed by atoms with E-state index in [1.165, 1.54) is 17.8 Å². The number of morpholine rings is 1. The van der Waals surface area contributed by atoms with Gasteiger partial charge < -0.3 is 14.6 Å². The molecule has 1 aromatic heterocycles. The number of ether oxygens (including phenoxy) is 1. The minimum absolute atomic E-state index is 0.149. The van der Waals surface area contributed by atoms with Crippen molar-refractivity contribution in [1.82, 2.24) is 9.47 Å². The average molecular weight is 414 g/mol. The molecule has 1 N–H and O–H groups in total. The molecule has 0 radical (unpaired) electrons. The van der Waals surface area contributed by atoms with E-state index in [9.17, 15) is 9.18 Å².